The molecule has 0 N–H and O–H groups in total. The molecule has 1 fully saturated rings. The Morgan fingerprint density at radius 1 is 1.36 bits per heavy atom. The molecule has 0 aromatic carbocycles. The second kappa shape index (κ2) is 4.89. The molecule has 0 unspecified atom stereocenters. The second-order valence-electron chi connectivity index (χ2n) is 4.91. The first kappa shape index (κ1) is 11.7. The average molecular weight is 199 g/mol. The second-order valence-corrected chi connectivity index (χ2v) is 4.91. The standard InChI is InChI=1S/C11H21NO2/c1-11(2)4-6-12(7-5-11)8-10(13)9-14-3/h4-9H2,1-3H3. The summed E-state index contributed by atoms with van der Waals surface area (Å²) in [6.07, 6.45) is 2.38. The largest absolute Gasteiger partial charge is 0.377 e. The van der Waals surface area contributed by atoms with Gasteiger partial charge in [-0.15, -0.1) is 0 Å². The third kappa shape index (κ3) is 3.76. The Labute approximate surface area is 86.4 Å². The molecule has 0 spiro atoms. The van der Waals surface area contributed by atoms with Crippen molar-refractivity contribution in [2.45, 2.75) is 26.7 Å². The fraction of sp³-hybridized carbons (Fsp3) is 0.909. The molecule has 1 aliphatic rings. The van der Waals surface area contributed by atoms with E-state index in [-0.39, 0.29) is 12.4 Å². The van der Waals surface area contributed by atoms with Crippen LogP contribution in [0, 0.1) is 5.41 Å². The SMILES string of the molecule is COCC(=O)CN1CCC(C)(C)CC1. The summed E-state index contributed by atoms with van der Waals surface area (Å²) in [7, 11) is 1.57. The molecule has 1 aliphatic heterocycles. The van der Waals surface area contributed by atoms with E-state index in [1.807, 2.05) is 0 Å². The van der Waals surface area contributed by atoms with E-state index in [9.17, 15) is 4.79 Å². The molecule has 0 aromatic rings. The maximum atomic E-state index is 11.3. The summed E-state index contributed by atoms with van der Waals surface area (Å²) in [6.45, 7) is 7.48. The Morgan fingerprint density at radius 2 is 1.93 bits per heavy atom. The van der Waals surface area contributed by atoms with Gasteiger partial charge in [-0.2, -0.15) is 0 Å². The maximum Gasteiger partial charge on any atom is 0.172 e. The van der Waals surface area contributed by atoms with Crippen molar-refractivity contribution in [3.05, 3.63) is 0 Å². The van der Waals surface area contributed by atoms with Crippen molar-refractivity contribution in [1.82, 2.24) is 4.90 Å². The number of ether oxygens (including phenoxy) is 1. The topological polar surface area (TPSA) is 29.5 Å². The molecule has 0 saturated carbocycles. The summed E-state index contributed by atoms with van der Waals surface area (Å²) >= 11 is 0. The molecule has 1 saturated heterocycles. The van der Waals surface area contributed by atoms with Crippen molar-refractivity contribution in [3.63, 3.8) is 0 Å². The lowest BCUT2D eigenvalue weighted by molar-refractivity contribution is -0.124. The molecule has 0 atom stereocenters. The molecular weight excluding hydrogens is 178 g/mol. The highest BCUT2D eigenvalue weighted by Gasteiger charge is 2.25. The Bertz CT molecular complexity index is 191. The number of Topliss-reactive ketones (excluding diaryl/α,β-unsaturated/α-hetero) is 1. The smallest absolute Gasteiger partial charge is 0.172 e. The van der Waals surface area contributed by atoms with Crippen LogP contribution >= 0.6 is 0 Å². The Morgan fingerprint density at radius 3 is 2.43 bits per heavy atom. The molecule has 0 bridgehead atoms. The average Bonchev–Trinajstić information content (AvgIpc) is 2.09. The van der Waals surface area contributed by atoms with Crippen molar-refractivity contribution in [3.8, 4) is 0 Å². The van der Waals surface area contributed by atoms with Crippen LogP contribution in [-0.2, 0) is 9.53 Å². The van der Waals surface area contributed by atoms with Gasteiger partial charge in [-0.1, -0.05) is 13.8 Å². The van der Waals surface area contributed by atoms with Crippen molar-refractivity contribution in [2.24, 2.45) is 5.41 Å². The zero-order valence-electron chi connectivity index (χ0n) is 9.51. The molecule has 0 aliphatic carbocycles. The fourth-order valence-corrected chi connectivity index (χ4v) is 1.77. The maximum absolute atomic E-state index is 11.3. The minimum atomic E-state index is 0.187. The predicted octanol–water partition coefficient (Wildman–Crippen LogP) is 1.32. The molecule has 1 rings (SSSR count). The minimum absolute atomic E-state index is 0.187. The first-order valence-corrected chi connectivity index (χ1v) is 5.26. The number of hydrogen-bond donors (Lipinski definition) is 0. The van der Waals surface area contributed by atoms with Gasteiger partial charge in [0.2, 0.25) is 0 Å². The van der Waals surface area contributed by atoms with E-state index < -0.39 is 0 Å². The van der Waals surface area contributed by atoms with Gasteiger partial charge in [0.05, 0.1) is 6.54 Å². The molecule has 1 heterocycles. The summed E-state index contributed by atoms with van der Waals surface area (Å²) < 4.78 is 4.81. The van der Waals surface area contributed by atoms with Crippen LogP contribution in [0.15, 0.2) is 0 Å². The van der Waals surface area contributed by atoms with Crippen LogP contribution in [0.5, 0.6) is 0 Å². The van der Waals surface area contributed by atoms with Crippen LogP contribution in [0.3, 0.4) is 0 Å². The van der Waals surface area contributed by atoms with Gasteiger partial charge in [-0.25, -0.2) is 0 Å². The molecule has 14 heavy (non-hydrogen) atoms. The van der Waals surface area contributed by atoms with Gasteiger partial charge in [0.25, 0.3) is 0 Å². The Hall–Kier alpha value is -0.410. The molecule has 3 heteroatoms. The highest BCUT2D eigenvalue weighted by Crippen LogP contribution is 2.29. The van der Waals surface area contributed by atoms with Crippen LogP contribution in [-0.4, -0.2) is 44.0 Å². The van der Waals surface area contributed by atoms with Crippen molar-refractivity contribution >= 4 is 5.78 Å². The van der Waals surface area contributed by atoms with Gasteiger partial charge in [-0.05, 0) is 31.3 Å². The number of carbonyl (C=O) groups excluding carboxylic acids is 1. The molecule has 82 valence electrons. The van der Waals surface area contributed by atoms with Gasteiger partial charge in [0.15, 0.2) is 5.78 Å². The zero-order chi connectivity index (χ0) is 10.6. The predicted molar refractivity (Wildman–Crippen MR) is 56.3 cm³/mol. The lowest BCUT2D eigenvalue weighted by Crippen LogP contribution is -2.40. The van der Waals surface area contributed by atoms with E-state index >= 15 is 0 Å². The molecule has 3 nitrogen and oxygen atoms in total. The zero-order valence-corrected chi connectivity index (χ0v) is 9.51. The van der Waals surface area contributed by atoms with Crippen LogP contribution < -0.4 is 0 Å². The first-order valence-electron chi connectivity index (χ1n) is 5.26. The molecule has 0 amide bonds. The summed E-state index contributed by atoms with van der Waals surface area (Å²) in [4.78, 5) is 13.5. The van der Waals surface area contributed by atoms with Crippen molar-refractivity contribution in [1.29, 1.82) is 0 Å². The first-order chi connectivity index (χ1) is 6.53. The summed E-state index contributed by atoms with van der Waals surface area (Å²) in [5.41, 5.74) is 0.459. The van der Waals surface area contributed by atoms with E-state index in [1.54, 1.807) is 7.11 Å². The molecule has 0 aromatic heterocycles. The van der Waals surface area contributed by atoms with Gasteiger partial charge in [0.1, 0.15) is 6.61 Å². The van der Waals surface area contributed by atoms with Gasteiger partial charge in [0, 0.05) is 7.11 Å². The van der Waals surface area contributed by atoms with Gasteiger partial charge >= 0.3 is 0 Å². The van der Waals surface area contributed by atoms with E-state index in [1.165, 1.54) is 12.8 Å². The van der Waals surface area contributed by atoms with Crippen molar-refractivity contribution < 1.29 is 9.53 Å². The third-order valence-corrected chi connectivity index (χ3v) is 2.91. The van der Waals surface area contributed by atoms with Crippen LogP contribution in [0.1, 0.15) is 26.7 Å². The van der Waals surface area contributed by atoms with Crippen LogP contribution in [0.25, 0.3) is 0 Å². The third-order valence-electron chi connectivity index (χ3n) is 2.91. The lowest BCUT2D eigenvalue weighted by atomic mass is 9.83. The number of hydrogen-bond acceptors (Lipinski definition) is 3. The fourth-order valence-electron chi connectivity index (χ4n) is 1.77. The van der Waals surface area contributed by atoms with Gasteiger partial charge in [-0.3, -0.25) is 9.69 Å². The lowest BCUT2D eigenvalue weighted by Gasteiger charge is -2.36. The van der Waals surface area contributed by atoms with Crippen molar-refractivity contribution in [2.75, 3.05) is 33.4 Å². The van der Waals surface area contributed by atoms with Crippen LogP contribution in [0.2, 0.25) is 0 Å². The molecule has 0 radical (unpaired) electrons. The number of methoxy groups -OCH3 is 1. The van der Waals surface area contributed by atoms with E-state index in [0.717, 1.165) is 13.1 Å². The number of rotatable bonds is 4. The number of carbonyl (C=O) groups is 1. The highest BCUT2D eigenvalue weighted by atomic mass is 16.5. The minimum Gasteiger partial charge on any atom is -0.377 e. The number of ketones is 1. The quantitative estimate of drug-likeness (QED) is 0.684. The number of piperidine rings is 1. The summed E-state index contributed by atoms with van der Waals surface area (Å²) in [5.74, 6) is 0.187. The normalized spacial score (nSPS) is 22.2. The Balaban J connectivity index is 2.25. The Kier molecular flexibility index (Phi) is 4.08. The van der Waals surface area contributed by atoms with Gasteiger partial charge < -0.3 is 4.74 Å². The summed E-state index contributed by atoms with van der Waals surface area (Å²) in [6, 6.07) is 0. The highest BCUT2D eigenvalue weighted by molar-refractivity contribution is 5.81. The van der Waals surface area contributed by atoms with Crippen LogP contribution in [0.4, 0.5) is 0 Å². The summed E-state index contributed by atoms with van der Waals surface area (Å²) in [5, 5.41) is 0. The monoisotopic (exact) mass is 199 g/mol. The number of nitrogens with zero attached hydrogens (tertiary/aromatic N) is 1. The van der Waals surface area contributed by atoms with E-state index in [4.69, 9.17) is 4.74 Å². The number of likely N-dealkylation sites (tertiary alicyclic amines) is 1. The van der Waals surface area contributed by atoms with E-state index in [0.29, 0.717) is 12.0 Å². The molecular formula is C11H21NO2. The van der Waals surface area contributed by atoms with E-state index in [2.05, 4.69) is 18.7 Å².